The number of nitrogens with one attached hydrogen (secondary N) is 1. The van der Waals surface area contributed by atoms with E-state index in [2.05, 4.69) is 25.4 Å². The lowest BCUT2D eigenvalue weighted by atomic mass is 10.3. The molecule has 0 fully saturated rings. The molecule has 4 nitrogen and oxygen atoms in total. The van der Waals surface area contributed by atoms with Crippen molar-refractivity contribution in [2.75, 3.05) is 10.5 Å². The molecule has 18 heavy (non-hydrogen) atoms. The predicted octanol–water partition coefficient (Wildman–Crippen LogP) is 3.11. The number of benzene rings is 1. The van der Waals surface area contributed by atoms with Gasteiger partial charge in [-0.15, -0.1) is 13.2 Å². The fourth-order valence-electron chi connectivity index (χ4n) is 1.02. The van der Waals surface area contributed by atoms with Crippen LogP contribution in [0, 0.1) is 0 Å². The molecule has 0 atom stereocenters. The molecule has 0 amide bonds. The van der Waals surface area contributed by atoms with E-state index in [1.165, 1.54) is 13.0 Å². The second-order valence-corrected chi connectivity index (χ2v) is 6.06. The quantitative estimate of drug-likeness (QED) is 0.910. The Labute approximate surface area is 110 Å². The van der Waals surface area contributed by atoms with E-state index in [0.29, 0.717) is 4.47 Å². The maximum absolute atomic E-state index is 12.0. The SMILES string of the molecule is CCS(=O)(=O)Nc1cc(OC(F)(F)F)ccc1Br. The third-order valence-corrected chi connectivity index (χ3v) is 3.80. The Kier molecular flexibility index (Phi) is 4.49. The first-order chi connectivity index (χ1) is 8.13. The molecule has 0 aliphatic rings. The zero-order valence-corrected chi connectivity index (χ0v) is 11.5. The molecule has 0 bridgehead atoms. The van der Waals surface area contributed by atoms with Crippen LogP contribution >= 0.6 is 15.9 Å². The number of ether oxygens (including phenoxy) is 1. The number of hydrogen-bond acceptors (Lipinski definition) is 3. The Morgan fingerprint density at radius 2 is 2.00 bits per heavy atom. The first-order valence-electron chi connectivity index (χ1n) is 4.69. The third-order valence-electron chi connectivity index (χ3n) is 1.82. The van der Waals surface area contributed by atoms with Gasteiger partial charge in [0.1, 0.15) is 5.75 Å². The van der Waals surface area contributed by atoms with Gasteiger partial charge in [-0.3, -0.25) is 4.72 Å². The van der Waals surface area contributed by atoms with E-state index in [1.54, 1.807) is 0 Å². The van der Waals surface area contributed by atoms with Crippen LogP contribution in [-0.4, -0.2) is 20.5 Å². The van der Waals surface area contributed by atoms with Gasteiger partial charge in [0.25, 0.3) is 0 Å². The van der Waals surface area contributed by atoms with E-state index in [4.69, 9.17) is 0 Å². The molecule has 0 unspecified atom stereocenters. The summed E-state index contributed by atoms with van der Waals surface area (Å²) in [5.74, 6) is -0.691. The largest absolute Gasteiger partial charge is 0.573 e. The van der Waals surface area contributed by atoms with Crippen molar-refractivity contribution in [1.82, 2.24) is 0 Å². The topological polar surface area (TPSA) is 55.4 Å². The van der Waals surface area contributed by atoms with Gasteiger partial charge in [0, 0.05) is 10.5 Å². The Hall–Kier alpha value is -0.960. The monoisotopic (exact) mass is 347 g/mol. The summed E-state index contributed by atoms with van der Waals surface area (Å²) in [6, 6.07) is 3.28. The fourth-order valence-corrected chi connectivity index (χ4v) is 2.14. The average molecular weight is 348 g/mol. The number of alkyl halides is 3. The van der Waals surface area contributed by atoms with Crippen molar-refractivity contribution < 1.29 is 26.3 Å². The van der Waals surface area contributed by atoms with Crippen LogP contribution in [0.25, 0.3) is 0 Å². The summed E-state index contributed by atoms with van der Waals surface area (Å²) >= 11 is 3.03. The van der Waals surface area contributed by atoms with Gasteiger partial charge in [0.15, 0.2) is 0 Å². The lowest BCUT2D eigenvalue weighted by molar-refractivity contribution is -0.274. The molecular weight excluding hydrogens is 339 g/mol. The van der Waals surface area contributed by atoms with E-state index in [9.17, 15) is 21.6 Å². The third kappa shape index (κ3) is 4.73. The highest BCUT2D eigenvalue weighted by Gasteiger charge is 2.31. The second-order valence-electron chi connectivity index (χ2n) is 3.19. The summed E-state index contributed by atoms with van der Waals surface area (Å²) in [7, 11) is -3.57. The van der Waals surface area contributed by atoms with Crippen LogP contribution in [0.2, 0.25) is 0 Å². The van der Waals surface area contributed by atoms with Gasteiger partial charge in [-0.25, -0.2) is 8.42 Å². The molecule has 9 heteroatoms. The van der Waals surface area contributed by atoms with E-state index >= 15 is 0 Å². The molecule has 0 aliphatic heterocycles. The van der Waals surface area contributed by atoms with Crippen molar-refractivity contribution in [3.05, 3.63) is 22.7 Å². The van der Waals surface area contributed by atoms with Crippen LogP contribution in [-0.2, 0) is 10.0 Å². The maximum atomic E-state index is 12.0. The normalized spacial score (nSPS) is 12.3. The molecule has 1 rings (SSSR count). The van der Waals surface area contributed by atoms with Crippen LogP contribution < -0.4 is 9.46 Å². The average Bonchev–Trinajstić information content (AvgIpc) is 2.21. The van der Waals surface area contributed by atoms with Crippen LogP contribution in [0.4, 0.5) is 18.9 Å². The summed E-state index contributed by atoms with van der Waals surface area (Å²) in [5, 5.41) is 0. The van der Waals surface area contributed by atoms with Gasteiger partial charge >= 0.3 is 6.36 Å². The minimum absolute atomic E-state index is 0.0152. The molecule has 1 aromatic rings. The van der Waals surface area contributed by atoms with E-state index in [0.717, 1.165) is 12.1 Å². The maximum Gasteiger partial charge on any atom is 0.573 e. The van der Waals surface area contributed by atoms with E-state index in [1.807, 2.05) is 0 Å². The Balaban J connectivity index is 3.02. The van der Waals surface area contributed by atoms with Crippen molar-refractivity contribution in [2.45, 2.75) is 13.3 Å². The molecule has 1 aromatic carbocycles. The fraction of sp³-hybridized carbons (Fsp3) is 0.333. The molecule has 0 saturated heterocycles. The molecule has 0 aliphatic carbocycles. The molecule has 0 radical (unpaired) electrons. The highest BCUT2D eigenvalue weighted by Crippen LogP contribution is 2.31. The number of rotatable bonds is 4. The Morgan fingerprint density at radius 3 is 2.50 bits per heavy atom. The first kappa shape index (κ1) is 15.1. The van der Waals surface area contributed by atoms with Crippen LogP contribution in [0.3, 0.4) is 0 Å². The van der Waals surface area contributed by atoms with E-state index < -0.39 is 22.1 Å². The summed E-state index contributed by atoms with van der Waals surface area (Å²) < 4.78 is 64.8. The molecule has 0 spiro atoms. The summed E-state index contributed by atoms with van der Waals surface area (Å²) in [4.78, 5) is 0. The molecule has 0 aromatic heterocycles. The van der Waals surface area contributed by atoms with Gasteiger partial charge in [0.2, 0.25) is 10.0 Å². The van der Waals surface area contributed by atoms with Gasteiger partial charge < -0.3 is 4.74 Å². The van der Waals surface area contributed by atoms with Crippen molar-refractivity contribution in [2.24, 2.45) is 0 Å². The standard InChI is InChI=1S/C9H9BrF3NO3S/c1-2-18(15,16)14-8-5-6(3-4-7(8)10)17-9(11,12)13/h3-5,14H,2H2,1H3. The summed E-state index contributed by atoms with van der Waals surface area (Å²) in [5.41, 5.74) is -0.0152. The number of halogens is 4. The highest BCUT2D eigenvalue weighted by molar-refractivity contribution is 9.10. The number of anilines is 1. The van der Waals surface area contributed by atoms with Crippen LogP contribution in [0.1, 0.15) is 6.92 Å². The minimum Gasteiger partial charge on any atom is -0.406 e. The molecule has 0 heterocycles. The zero-order valence-electron chi connectivity index (χ0n) is 9.08. The first-order valence-corrected chi connectivity index (χ1v) is 7.13. The van der Waals surface area contributed by atoms with Crippen molar-refractivity contribution >= 4 is 31.6 Å². The number of hydrogen-bond donors (Lipinski definition) is 1. The minimum atomic E-state index is -4.82. The van der Waals surface area contributed by atoms with Gasteiger partial charge in [-0.1, -0.05) is 0 Å². The molecular formula is C9H9BrF3NO3S. The number of sulfonamides is 1. The van der Waals surface area contributed by atoms with Crippen molar-refractivity contribution in [1.29, 1.82) is 0 Å². The lowest BCUT2D eigenvalue weighted by Crippen LogP contribution is -2.18. The molecule has 102 valence electrons. The lowest BCUT2D eigenvalue weighted by Gasteiger charge is -2.12. The van der Waals surface area contributed by atoms with Crippen molar-refractivity contribution in [3.8, 4) is 5.75 Å². The van der Waals surface area contributed by atoms with Crippen LogP contribution in [0.15, 0.2) is 22.7 Å². The summed E-state index contributed by atoms with van der Waals surface area (Å²) in [6.07, 6.45) is -4.82. The summed E-state index contributed by atoms with van der Waals surface area (Å²) in [6.45, 7) is 1.41. The van der Waals surface area contributed by atoms with Crippen LogP contribution in [0.5, 0.6) is 5.75 Å². The van der Waals surface area contributed by atoms with Gasteiger partial charge in [-0.05, 0) is 35.0 Å². The molecule has 1 N–H and O–H groups in total. The second kappa shape index (κ2) is 5.35. The highest BCUT2D eigenvalue weighted by atomic mass is 79.9. The molecule has 0 saturated carbocycles. The van der Waals surface area contributed by atoms with Gasteiger partial charge in [0.05, 0.1) is 11.4 Å². The smallest absolute Gasteiger partial charge is 0.406 e. The van der Waals surface area contributed by atoms with Crippen molar-refractivity contribution in [3.63, 3.8) is 0 Å². The van der Waals surface area contributed by atoms with Gasteiger partial charge in [-0.2, -0.15) is 0 Å². The predicted molar refractivity (Wildman–Crippen MR) is 63.9 cm³/mol. The Bertz CT molecular complexity index is 530. The Morgan fingerprint density at radius 1 is 1.39 bits per heavy atom. The zero-order chi connectivity index (χ0) is 14.0. The van der Waals surface area contributed by atoms with E-state index in [-0.39, 0.29) is 11.4 Å².